The predicted octanol–water partition coefficient (Wildman–Crippen LogP) is 19.2. The third-order valence-electron chi connectivity index (χ3n) is 20.6. The van der Waals surface area contributed by atoms with E-state index in [-0.39, 0.29) is 57.0 Å². The van der Waals surface area contributed by atoms with E-state index >= 15 is 0 Å². The van der Waals surface area contributed by atoms with Gasteiger partial charge in [0.2, 0.25) is 0 Å². The standard InChI is InChI=1S/C73H80Cl2O10/c1-43(2)10-6-11-44(3)61-28-29-62-58-27-26-56-34-45(30-32-72(56,4)63(58)31-33-73(61,62)5)12-7-17-57(54-37-59(70(80)81)66(64(74)39-54)84-41-46-18-22-48(23-19-46)50-13-8-15-52(35-50)68(76)77)55-38-60(71(82)83)67(65(75)40-55)85-42-47-20-24-49(25-21-47)51-14-9-16-53(36-51)69(78)79/h8-9,13-25,35-40,43-45,56,58,61-63H,6-7,10-12,26-34,41-42H2,1-5H3,(H,76,77)(H,78,79)(H,80,81)(H,82,83)/t44?,45-,56-,58-,61+,62-,63-,72-,73+/m0/s1. The fraction of sp³-hybridized carbons (Fsp3) is 0.425. The number of aromatic carboxylic acids is 4. The summed E-state index contributed by atoms with van der Waals surface area (Å²) in [6.45, 7) is 12.6. The summed E-state index contributed by atoms with van der Waals surface area (Å²) in [5.41, 5.74) is 6.81. The lowest BCUT2D eigenvalue weighted by Crippen LogP contribution is -2.53. The van der Waals surface area contributed by atoms with Gasteiger partial charge in [0.1, 0.15) is 24.3 Å². The van der Waals surface area contributed by atoms with Crippen LogP contribution in [0.2, 0.25) is 10.0 Å². The van der Waals surface area contributed by atoms with Gasteiger partial charge in [-0.2, -0.15) is 0 Å². The van der Waals surface area contributed by atoms with Crippen molar-refractivity contribution in [3.8, 4) is 33.8 Å². The van der Waals surface area contributed by atoms with E-state index in [4.69, 9.17) is 32.7 Å². The van der Waals surface area contributed by atoms with Crippen LogP contribution in [-0.2, 0) is 13.2 Å². The molecule has 85 heavy (non-hydrogen) atoms. The molecule has 12 heteroatoms. The minimum absolute atomic E-state index is 0.0114. The second-order valence-corrected chi connectivity index (χ2v) is 26.9. The minimum atomic E-state index is -1.26. The molecule has 1 unspecified atom stereocenters. The molecule has 0 heterocycles. The van der Waals surface area contributed by atoms with E-state index < -0.39 is 23.9 Å². The van der Waals surface area contributed by atoms with Crippen molar-refractivity contribution in [3.63, 3.8) is 0 Å². The number of hydrogen-bond donors (Lipinski definition) is 4. The Morgan fingerprint density at radius 3 is 1.59 bits per heavy atom. The van der Waals surface area contributed by atoms with Crippen molar-refractivity contribution in [2.45, 2.75) is 138 Å². The van der Waals surface area contributed by atoms with Crippen molar-refractivity contribution >= 4 is 52.7 Å². The SMILES string of the molecule is CC(C)CCCC(C)[C@H]1CC[C@H]2[C@@H]3CC[C@H]4C[C@@H](CCC=C(c5cc(Cl)c(OCc6ccc(-c7cccc(C(=O)O)c7)cc6)c(C(=O)O)c5)c5cc(Cl)c(OCc6ccc(-c7cccc(C(=O)O)c7)cc6)c(C(=O)O)c5)CC[C@]4(C)[C@H]3CC[C@]12C. The molecule has 10 nitrogen and oxygen atoms in total. The molecule has 4 aliphatic carbocycles. The molecular formula is C73H80Cl2O10. The Hall–Kier alpha value is -6.88. The molecular weight excluding hydrogens is 1110 g/mol. The summed E-state index contributed by atoms with van der Waals surface area (Å²) in [6, 6.07) is 34.4. The van der Waals surface area contributed by atoms with Crippen LogP contribution in [0.3, 0.4) is 0 Å². The molecule has 0 bridgehead atoms. The fourth-order valence-corrected chi connectivity index (χ4v) is 16.7. The number of rotatable bonds is 22. The van der Waals surface area contributed by atoms with E-state index in [0.717, 1.165) is 81.7 Å². The number of benzene rings is 6. The lowest BCUT2D eigenvalue weighted by Gasteiger charge is -2.61. The minimum Gasteiger partial charge on any atom is -0.486 e. The van der Waals surface area contributed by atoms with Crippen LogP contribution in [0.25, 0.3) is 27.8 Å². The molecule has 9 atom stereocenters. The summed E-state index contributed by atoms with van der Waals surface area (Å²) in [7, 11) is 0. The van der Waals surface area contributed by atoms with Gasteiger partial charge in [-0.15, -0.1) is 0 Å². The van der Waals surface area contributed by atoms with E-state index in [1.54, 1.807) is 36.4 Å². The molecule has 6 aromatic rings. The number of carbonyl (C=O) groups is 4. The first-order valence-electron chi connectivity index (χ1n) is 30.7. The highest BCUT2D eigenvalue weighted by Crippen LogP contribution is 2.69. The van der Waals surface area contributed by atoms with Gasteiger partial charge in [-0.1, -0.05) is 156 Å². The highest BCUT2D eigenvalue weighted by Gasteiger charge is 2.60. The highest BCUT2D eigenvalue weighted by atomic mass is 35.5. The number of ether oxygens (including phenoxy) is 2. The maximum atomic E-state index is 13.2. The first kappa shape index (κ1) is 61.2. The third-order valence-corrected chi connectivity index (χ3v) is 21.2. The van der Waals surface area contributed by atoms with Gasteiger partial charge in [-0.05, 0) is 227 Å². The zero-order valence-corrected chi connectivity index (χ0v) is 51.1. The molecule has 6 aromatic carbocycles. The van der Waals surface area contributed by atoms with Crippen LogP contribution in [-0.4, -0.2) is 44.3 Å². The van der Waals surface area contributed by atoms with Crippen LogP contribution in [0.5, 0.6) is 11.5 Å². The van der Waals surface area contributed by atoms with Gasteiger partial charge < -0.3 is 29.9 Å². The van der Waals surface area contributed by atoms with E-state index in [1.807, 2.05) is 60.7 Å². The summed E-state index contributed by atoms with van der Waals surface area (Å²) in [5.74, 6) is 1.40. The number of carboxylic acids is 4. The van der Waals surface area contributed by atoms with Crippen molar-refractivity contribution in [2.24, 2.45) is 58.2 Å². The number of carboxylic acid groups (broad SMARTS) is 4. The maximum absolute atomic E-state index is 13.2. The molecule has 0 radical (unpaired) electrons. The van der Waals surface area contributed by atoms with Crippen LogP contribution in [0.15, 0.2) is 127 Å². The predicted molar refractivity (Wildman–Crippen MR) is 336 cm³/mol. The normalized spacial score (nSPS) is 23.7. The summed E-state index contributed by atoms with van der Waals surface area (Å²) in [4.78, 5) is 49.7. The zero-order valence-electron chi connectivity index (χ0n) is 49.6. The van der Waals surface area contributed by atoms with Crippen molar-refractivity contribution in [2.75, 3.05) is 0 Å². The molecule has 0 aromatic heterocycles. The smallest absolute Gasteiger partial charge is 0.339 e. The Morgan fingerprint density at radius 1 is 0.565 bits per heavy atom. The zero-order chi connectivity index (χ0) is 60.3. The topological polar surface area (TPSA) is 168 Å². The second kappa shape index (κ2) is 26.0. The van der Waals surface area contributed by atoms with Crippen LogP contribution in [0.1, 0.15) is 188 Å². The van der Waals surface area contributed by atoms with Crippen molar-refractivity contribution in [1.82, 2.24) is 0 Å². The molecule has 446 valence electrons. The molecule has 10 rings (SSSR count). The summed E-state index contributed by atoms with van der Waals surface area (Å²) in [6.07, 6.45) is 19.4. The molecule has 4 N–H and O–H groups in total. The number of halogens is 2. The Bertz CT molecular complexity index is 3300. The van der Waals surface area contributed by atoms with Crippen LogP contribution >= 0.6 is 23.2 Å². The van der Waals surface area contributed by atoms with Crippen molar-refractivity contribution in [1.29, 1.82) is 0 Å². The van der Waals surface area contributed by atoms with Crippen LogP contribution in [0, 0.1) is 58.2 Å². The molecule has 0 spiro atoms. The average molecular weight is 1190 g/mol. The van der Waals surface area contributed by atoms with E-state index in [2.05, 4.69) is 40.7 Å². The fourth-order valence-electron chi connectivity index (χ4n) is 16.2. The molecule has 4 saturated carbocycles. The Kier molecular flexibility index (Phi) is 18.7. The number of fused-ring (bicyclic) bond motifs is 5. The van der Waals surface area contributed by atoms with Gasteiger partial charge in [-0.25, -0.2) is 19.2 Å². The molecule has 0 saturated heterocycles. The van der Waals surface area contributed by atoms with Gasteiger partial charge in [0.05, 0.1) is 21.2 Å². The number of allylic oxidation sites excluding steroid dienone is 1. The molecule has 4 fully saturated rings. The first-order chi connectivity index (χ1) is 40.7. The Labute approximate surface area is 510 Å². The van der Waals surface area contributed by atoms with Crippen LogP contribution < -0.4 is 9.47 Å². The lowest BCUT2D eigenvalue weighted by molar-refractivity contribution is -0.121. The second-order valence-electron chi connectivity index (χ2n) is 26.0. The summed E-state index contributed by atoms with van der Waals surface area (Å²) in [5, 5.41) is 40.7. The first-order valence-corrected chi connectivity index (χ1v) is 31.4. The molecule has 4 aliphatic rings. The summed E-state index contributed by atoms with van der Waals surface area (Å²) >= 11 is 14.1. The maximum Gasteiger partial charge on any atom is 0.339 e. The van der Waals surface area contributed by atoms with E-state index in [9.17, 15) is 39.6 Å². The monoisotopic (exact) mass is 1190 g/mol. The van der Waals surface area contributed by atoms with Crippen molar-refractivity contribution in [3.05, 3.63) is 182 Å². The summed E-state index contributed by atoms with van der Waals surface area (Å²) < 4.78 is 12.4. The van der Waals surface area contributed by atoms with Crippen molar-refractivity contribution < 1.29 is 49.1 Å². The van der Waals surface area contributed by atoms with Gasteiger partial charge in [-0.3, -0.25) is 0 Å². The van der Waals surface area contributed by atoms with Gasteiger partial charge in [0.25, 0.3) is 0 Å². The van der Waals surface area contributed by atoms with E-state index in [1.165, 1.54) is 94.9 Å². The number of hydrogen-bond acceptors (Lipinski definition) is 6. The lowest BCUT2D eigenvalue weighted by atomic mass is 9.44. The Balaban J connectivity index is 0.891. The van der Waals surface area contributed by atoms with Gasteiger partial charge >= 0.3 is 23.9 Å². The highest BCUT2D eigenvalue weighted by molar-refractivity contribution is 6.33. The van der Waals surface area contributed by atoms with E-state index in [0.29, 0.717) is 45.8 Å². The molecule has 0 amide bonds. The third kappa shape index (κ3) is 13.3. The molecule has 0 aliphatic heterocycles. The largest absolute Gasteiger partial charge is 0.486 e. The average Bonchev–Trinajstić information content (AvgIpc) is 3.83. The quantitative estimate of drug-likeness (QED) is 0.0514. The Morgan fingerprint density at radius 2 is 1.08 bits per heavy atom. The van der Waals surface area contributed by atoms with Crippen LogP contribution in [0.4, 0.5) is 0 Å². The van der Waals surface area contributed by atoms with Gasteiger partial charge in [0, 0.05) is 0 Å². The van der Waals surface area contributed by atoms with Gasteiger partial charge in [0.15, 0.2) is 11.5 Å².